The summed E-state index contributed by atoms with van der Waals surface area (Å²) in [5, 5.41) is 13.7. The Morgan fingerprint density at radius 3 is 2.50 bits per heavy atom. The molecule has 2 aliphatic carbocycles. The largest absolute Gasteiger partial charge is 0.478 e. The van der Waals surface area contributed by atoms with Gasteiger partial charge in [-0.05, 0) is 59.7 Å². The van der Waals surface area contributed by atoms with Crippen LogP contribution in [0.5, 0.6) is 0 Å². The standard InChI is InChI=1S/C24H23NO5/c1-4-30-23(29)20-14-11-12-24(2,3)16-10-9-15(19(20)18(14)16)21(26)25-17-8-6-5-7-13(17)22(27)28/h5-10H,4,11-12H2,1-3H3,(H,25,26)(H,27,28). The van der Waals surface area contributed by atoms with Crippen LogP contribution in [0.4, 0.5) is 5.69 Å². The van der Waals surface area contributed by atoms with Gasteiger partial charge < -0.3 is 15.2 Å². The first-order valence-electron chi connectivity index (χ1n) is 9.98. The number of aromatic carboxylic acids is 1. The molecule has 0 radical (unpaired) electrons. The summed E-state index contributed by atoms with van der Waals surface area (Å²) < 4.78 is 5.25. The lowest BCUT2D eigenvalue weighted by Gasteiger charge is -2.36. The fraction of sp³-hybridized carbons (Fsp3) is 0.292. The molecule has 0 atom stereocenters. The monoisotopic (exact) mass is 405 g/mol. The minimum atomic E-state index is -1.13. The Hall–Kier alpha value is -3.41. The maximum Gasteiger partial charge on any atom is 0.339 e. The van der Waals surface area contributed by atoms with Crippen LogP contribution in [0.2, 0.25) is 0 Å². The molecule has 4 rings (SSSR count). The maximum absolute atomic E-state index is 13.1. The lowest BCUT2D eigenvalue weighted by molar-refractivity contribution is -0.136. The van der Waals surface area contributed by atoms with Crippen LogP contribution in [0.15, 0.2) is 36.4 Å². The average molecular weight is 405 g/mol. The summed E-state index contributed by atoms with van der Waals surface area (Å²) in [6, 6.07) is 9.90. The van der Waals surface area contributed by atoms with E-state index >= 15 is 0 Å². The van der Waals surface area contributed by atoms with Crippen molar-refractivity contribution in [1.29, 1.82) is 0 Å². The lowest BCUT2D eigenvalue weighted by Crippen LogP contribution is -2.52. The first kappa shape index (κ1) is 19.9. The van der Waals surface area contributed by atoms with E-state index < -0.39 is 17.8 Å². The normalized spacial score (nSPS) is 15.7. The lowest BCUT2D eigenvalue weighted by atomic mass is 9.68. The van der Waals surface area contributed by atoms with Crippen LogP contribution in [-0.2, 0) is 14.9 Å². The number of hydrogen-bond donors (Lipinski definition) is 2. The number of para-hydroxylation sites is 1. The van der Waals surface area contributed by atoms with Crippen LogP contribution >= 0.6 is 0 Å². The predicted molar refractivity (Wildman–Crippen MR) is 113 cm³/mol. The van der Waals surface area contributed by atoms with Gasteiger partial charge in [0.1, 0.15) is 0 Å². The third kappa shape index (κ3) is 3.00. The molecule has 0 aliphatic heterocycles. The van der Waals surface area contributed by atoms with E-state index in [-0.39, 0.29) is 23.3 Å². The zero-order valence-corrected chi connectivity index (χ0v) is 17.2. The number of carboxylic acid groups (broad SMARTS) is 1. The maximum atomic E-state index is 13.1. The summed E-state index contributed by atoms with van der Waals surface area (Å²) >= 11 is 0. The van der Waals surface area contributed by atoms with Gasteiger partial charge in [-0.3, -0.25) is 4.79 Å². The Balaban J connectivity index is 1.85. The molecule has 0 saturated carbocycles. The highest BCUT2D eigenvalue weighted by Gasteiger charge is 2.37. The topological polar surface area (TPSA) is 92.7 Å². The van der Waals surface area contributed by atoms with E-state index in [9.17, 15) is 19.5 Å². The van der Waals surface area contributed by atoms with E-state index in [2.05, 4.69) is 19.2 Å². The number of ether oxygens (including phenoxy) is 1. The number of amides is 1. The number of nitrogens with one attached hydrogen (secondary N) is 1. The van der Waals surface area contributed by atoms with Gasteiger partial charge in [0, 0.05) is 10.8 Å². The molecular formula is C24H23NO5. The third-order valence-corrected chi connectivity index (χ3v) is 5.92. The smallest absolute Gasteiger partial charge is 0.339 e. The highest BCUT2D eigenvalue weighted by Crippen LogP contribution is 2.37. The molecule has 0 bridgehead atoms. The zero-order valence-electron chi connectivity index (χ0n) is 17.2. The molecule has 2 aliphatic rings. The Kier molecular flexibility index (Phi) is 4.73. The van der Waals surface area contributed by atoms with E-state index in [0.717, 1.165) is 29.2 Å². The van der Waals surface area contributed by atoms with Crippen molar-refractivity contribution < 1.29 is 24.2 Å². The van der Waals surface area contributed by atoms with Crippen LogP contribution in [0.25, 0.3) is 11.1 Å². The number of carbonyl (C=O) groups is 3. The van der Waals surface area contributed by atoms with Crippen molar-refractivity contribution in [3.63, 3.8) is 0 Å². The summed E-state index contributed by atoms with van der Waals surface area (Å²) in [6.07, 6.45) is 1.67. The van der Waals surface area contributed by atoms with Crippen LogP contribution in [0.1, 0.15) is 59.9 Å². The molecule has 6 heteroatoms. The molecular weight excluding hydrogens is 382 g/mol. The van der Waals surface area contributed by atoms with E-state index in [4.69, 9.17) is 4.74 Å². The molecule has 154 valence electrons. The van der Waals surface area contributed by atoms with E-state index in [0.29, 0.717) is 16.4 Å². The predicted octanol–water partition coefficient (Wildman–Crippen LogP) is 2.59. The van der Waals surface area contributed by atoms with Crippen molar-refractivity contribution in [2.75, 3.05) is 11.9 Å². The first-order valence-corrected chi connectivity index (χ1v) is 9.98. The highest BCUT2D eigenvalue weighted by molar-refractivity contribution is 6.29. The van der Waals surface area contributed by atoms with Gasteiger partial charge in [-0.1, -0.05) is 32.0 Å². The SMILES string of the molecule is CCOC(=O)C1=c2c(C(=O)Nc3ccccc3C(=O)O)ccc3c2=C1CCC3(C)C. The fourth-order valence-corrected chi connectivity index (χ4v) is 4.36. The van der Waals surface area contributed by atoms with E-state index in [1.165, 1.54) is 6.07 Å². The van der Waals surface area contributed by atoms with Gasteiger partial charge in [-0.15, -0.1) is 0 Å². The number of anilines is 1. The molecule has 0 unspecified atom stereocenters. The van der Waals surface area contributed by atoms with Crippen molar-refractivity contribution in [3.8, 4) is 0 Å². The van der Waals surface area contributed by atoms with Gasteiger partial charge in [-0.25, -0.2) is 9.59 Å². The van der Waals surface area contributed by atoms with E-state index in [1.807, 2.05) is 6.07 Å². The minimum absolute atomic E-state index is 0.00500. The number of carbonyl (C=O) groups excluding carboxylic acids is 2. The van der Waals surface area contributed by atoms with Gasteiger partial charge in [0.2, 0.25) is 0 Å². The molecule has 1 amide bonds. The Labute approximate surface area is 173 Å². The molecule has 0 spiro atoms. The molecule has 2 aromatic rings. The van der Waals surface area contributed by atoms with Gasteiger partial charge in [0.25, 0.3) is 5.91 Å². The zero-order chi connectivity index (χ0) is 21.6. The molecule has 0 heterocycles. The van der Waals surface area contributed by atoms with Crippen molar-refractivity contribution in [3.05, 3.63) is 63.5 Å². The number of carboxylic acids is 1. The number of esters is 1. The number of hydrogen-bond acceptors (Lipinski definition) is 4. The number of rotatable bonds is 5. The second-order valence-electron chi connectivity index (χ2n) is 8.17. The third-order valence-electron chi connectivity index (χ3n) is 5.92. The summed E-state index contributed by atoms with van der Waals surface area (Å²) in [7, 11) is 0. The summed E-state index contributed by atoms with van der Waals surface area (Å²) in [4.78, 5) is 37.2. The molecule has 2 N–H and O–H groups in total. The van der Waals surface area contributed by atoms with Crippen LogP contribution in [0.3, 0.4) is 0 Å². The quantitative estimate of drug-likeness (QED) is 0.746. The van der Waals surface area contributed by atoms with Gasteiger partial charge in [0.15, 0.2) is 0 Å². The second-order valence-corrected chi connectivity index (χ2v) is 8.17. The molecule has 0 aromatic heterocycles. The van der Waals surface area contributed by atoms with Crippen molar-refractivity contribution >= 4 is 34.7 Å². The van der Waals surface area contributed by atoms with Crippen LogP contribution in [-0.4, -0.2) is 29.6 Å². The molecule has 0 saturated heterocycles. The Bertz CT molecular complexity index is 1220. The Morgan fingerprint density at radius 1 is 1.07 bits per heavy atom. The second kappa shape index (κ2) is 7.13. The van der Waals surface area contributed by atoms with Gasteiger partial charge in [-0.2, -0.15) is 0 Å². The van der Waals surface area contributed by atoms with Crippen LogP contribution in [0, 0.1) is 0 Å². The van der Waals surface area contributed by atoms with E-state index in [1.54, 1.807) is 31.2 Å². The van der Waals surface area contributed by atoms with Crippen molar-refractivity contribution in [2.24, 2.45) is 0 Å². The first-order chi connectivity index (χ1) is 14.3. The summed E-state index contributed by atoms with van der Waals surface area (Å²) in [5.41, 5.74) is 3.05. The molecule has 6 nitrogen and oxygen atoms in total. The molecule has 0 fully saturated rings. The molecule has 2 aromatic carbocycles. The molecule has 30 heavy (non-hydrogen) atoms. The fourth-order valence-electron chi connectivity index (χ4n) is 4.36. The number of benzene rings is 2. The average Bonchev–Trinajstić information content (AvgIpc) is 2.68. The summed E-state index contributed by atoms with van der Waals surface area (Å²) in [6.45, 7) is 6.32. The van der Waals surface area contributed by atoms with Crippen molar-refractivity contribution in [2.45, 2.75) is 39.0 Å². The summed E-state index contributed by atoms with van der Waals surface area (Å²) in [5.74, 6) is -2.00. The minimum Gasteiger partial charge on any atom is -0.478 e. The van der Waals surface area contributed by atoms with Crippen LogP contribution < -0.4 is 15.8 Å². The van der Waals surface area contributed by atoms with Gasteiger partial charge in [0.05, 0.1) is 23.4 Å². The Morgan fingerprint density at radius 2 is 1.80 bits per heavy atom. The van der Waals surface area contributed by atoms with Gasteiger partial charge >= 0.3 is 11.9 Å². The highest BCUT2D eigenvalue weighted by atomic mass is 16.5. The van der Waals surface area contributed by atoms with Crippen molar-refractivity contribution in [1.82, 2.24) is 0 Å².